The molecule has 0 radical (unpaired) electrons. The Morgan fingerprint density at radius 3 is 2.71 bits per heavy atom. The van der Waals surface area contributed by atoms with Crippen LogP contribution in [0.1, 0.15) is 19.3 Å². The highest BCUT2D eigenvalue weighted by Crippen LogP contribution is 2.07. The molecule has 1 saturated heterocycles. The average molecular weight is 220 g/mol. The molecular weight excluding hydrogens is 200 g/mol. The van der Waals surface area contributed by atoms with Gasteiger partial charge in [0.25, 0.3) is 0 Å². The maximum atomic E-state index is 10.4. The van der Waals surface area contributed by atoms with E-state index in [9.17, 15) is 4.21 Å². The zero-order valence-corrected chi connectivity index (χ0v) is 9.55. The number of hydrogen-bond donors (Lipinski definition) is 2. The van der Waals surface area contributed by atoms with Crippen molar-refractivity contribution in [1.82, 2.24) is 10.2 Å². The van der Waals surface area contributed by atoms with Crippen molar-refractivity contribution in [2.45, 2.75) is 25.3 Å². The molecule has 0 amide bonds. The highest BCUT2D eigenvalue weighted by Gasteiger charge is 2.15. The number of rotatable bonds is 5. The lowest BCUT2D eigenvalue weighted by Crippen LogP contribution is -2.41. The lowest BCUT2D eigenvalue weighted by atomic mass is 10.1. The quantitative estimate of drug-likeness (QED) is 0.516. The summed E-state index contributed by atoms with van der Waals surface area (Å²) < 4.78 is 18.9. The molecular formula is C9H20N2O2S. The summed E-state index contributed by atoms with van der Waals surface area (Å²) in [5, 5.41) is 3.43. The van der Waals surface area contributed by atoms with Crippen LogP contribution in [-0.4, -0.2) is 52.1 Å². The predicted molar refractivity (Wildman–Crippen MR) is 58.8 cm³/mol. The van der Waals surface area contributed by atoms with Crippen LogP contribution in [0.25, 0.3) is 0 Å². The number of piperidine rings is 1. The molecule has 0 saturated carbocycles. The van der Waals surface area contributed by atoms with Gasteiger partial charge in [-0.15, -0.1) is 0 Å². The molecule has 1 fully saturated rings. The van der Waals surface area contributed by atoms with E-state index in [1.165, 1.54) is 12.8 Å². The maximum absolute atomic E-state index is 10.4. The molecule has 1 aliphatic heterocycles. The second kappa shape index (κ2) is 6.50. The van der Waals surface area contributed by atoms with Gasteiger partial charge in [0.2, 0.25) is 0 Å². The Morgan fingerprint density at radius 1 is 1.50 bits per heavy atom. The zero-order chi connectivity index (χ0) is 10.4. The molecule has 1 aliphatic rings. The van der Waals surface area contributed by atoms with E-state index in [0.29, 0.717) is 11.8 Å². The van der Waals surface area contributed by atoms with Gasteiger partial charge in [0.1, 0.15) is 0 Å². The molecule has 5 heteroatoms. The first-order chi connectivity index (χ1) is 6.68. The minimum atomic E-state index is -1.63. The van der Waals surface area contributed by atoms with Gasteiger partial charge in [0.05, 0.1) is 5.75 Å². The van der Waals surface area contributed by atoms with Crippen molar-refractivity contribution in [2.75, 3.05) is 32.4 Å². The number of hydrogen-bond acceptors (Lipinski definition) is 3. The molecule has 4 nitrogen and oxygen atoms in total. The van der Waals surface area contributed by atoms with Crippen molar-refractivity contribution in [3.63, 3.8) is 0 Å². The summed E-state index contributed by atoms with van der Waals surface area (Å²) in [5.41, 5.74) is 0. The summed E-state index contributed by atoms with van der Waals surface area (Å²) in [6, 6.07) is 0.610. The van der Waals surface area contributed by atoms with Gasteiger partial charge < -0.3 is 14.8 Å². The Labute approximate surface area is 88.3 Å². The molecule has 84 valence electrons. The van der Waals surface area contributed by atoms with E-state index >= 15 is 0 Å². The molecule has 1 atom stereocenters. The summed E-state index contributed by atoms with van der Waals surface area (Å²) in [5.74, 6) is 0.389. The molecule has 1 rings (SSSR count). The summed E-state index contributed by atoms with van der Waals surface area (Å²) >= 11 is -1.63. The van der Waals surface area contributed by atoms with Crippen LogP contribution in [0.5, 0.6) is 0 Å². The Kier molecular flexibility index (Phi) is 5.62. The van der Waals surface area contributed by atoms with E-state index in [2.05, 4.69) is 17.3 Å². The normalized spacial score (nSPS) is 22.4. The molecule has 14 heavy (non-hydrogen) atoms. The second-order valence-electron chi connectivity index (χ2n) is 3.91. The molecule has 0 spiro atoms. The van der Waals surface area contributed by atoms with Gasteiger partial charge in [0.15, 0.2) is 11.1 Å². The van der Waals surface area contributed by atoms with Crippen LogP contribution in [0.15, 0.2) is 0 Å². The van der Waals surface area contributed by atoms with E-state index in [1.807, 2.05) is 0 Å². The summed E-state index contributed by atoms with van der Waals surface area (Å²) in [6.45, 7) is 3.17. The number of nitrogens with zero attached hydrogens (tertiary/aromatic N) is 1. The van der Waals surface area contributed by atoms with Gasteiger partial charge in [-0.1, -0.05) is 0 Å². The maximum Gasteiger partial charge on any atom is 0.152 e. The largest absolute Gasteiger partial charge is 0.314 e. The monoisotopic (exact) mass is 220 g/mol. The van der Waals surface area contributed by atoms with Crippen LogP contribution in [-0.2, 0) is 11.1 Å². The van der Waals surface area contributed by atoms with Crippen molar-refractivity contribution in [2.24, 2.45) is 0 Å². The van der Waals surface area contributed by atoms with Crippen LogP contribution < -0.4 is 5.32 Å². The predicted octanol–water partition coefficient (Wildman–Crippen LogP) is 0.282. The second-order valence-corrected chi connectivity index (χ2v) is 4.96. The van der Waals surface area contributed by atoms with E-state index in [-0.39, 0.29) is 0 Å². The third-order valence-electron chi connectivity index (χ3n) is 2.65. The fourth-order valence-electron chi connectivity index (χ4n) is 1.71. The third-order valence-corrected chi connectivity index (χ3v) is 3.29. The Morgan fingerprint density at radius 2 is 2.14 bits per heavy atom. The van der Waals surface area contributed by atoms with Crippen molar-refractivity contribution in [3.8, 4) is 0 Å². The Hall–Kier alpha value is 0.0300. The van der Waals surface area contributed by atoms with Crippen LogP contribution in [0.4, 0.5) is 0 Å². The van der Waals surface area contributed by atoms with Gasteiger partial charge in [-0.2, -0.15) is 0 Å². The topological polar surface area (TPSA) is 52.6 Å². The molecule has 0 aromatic rings. The first-order valence-electron chi connectivity index (χ1n) is 5.18. The molecule has 0 aromatic heterocycles. The fourth-order valence-corrected chi connectivity index (χ4v) is 2.11. The first-order valence-corrected chi connectivity index (χ1v) is 6.45. The molecule has 2 N–H and O–H groups in total. The van der Waals surface area contributed by atoms with Crippen molar-refractivity contribution in [1.29, 1.82) is 0 Å². The fraction of sp³-hybridized carbons (Fsp3) is 1.00. The molecule has 0 bridgehead atoms. The highest BCUT2D eigenvalue weighted by molar-refractivity contribution is 7.79. The van der Waals surface area contributed by atoms with Gasteiger partial charge in [-0.25, -0.2) is 4.21 Å². The molecule has 0 aromatic carbocycles. The lowest BCUT2D eigenvalue weighted by Gasteiger charge is -2.29. The van der Waals surface area contributed by atoms with Crippen molar-refractivity contribution < 1.29 is 8.76 Å². The molecule has 1 heterocycles. The van der Waals surface area contributed by atoms with Crippen molar-refractivity contribution >= 4 is 11.1 Å². The van der Waals surface area contributed by atoms with Gasteiger partial charge >= 0.3 is 0 Å². The standard InChI is InChI=1S/C9H20N2O2S/c1-11-6-3-9(4-7-11)10-5-2-8-14(12)13/h9-10H,2-8H2,1H3,(H,12,13). The van der Waals surface area contributed by atoms with E-state index in [4.69, 9.17) is 4.55 Å². The summed E-state index contributed by atoms with van der Waals surface area (Å²) in [6.07, 6.45) is 3.17. The lowest BCUT2D eigenvalue weighted by molar-refractivity contribution is 0.235. The van der Waals surface area contributed by atoms with E-state index in [1.54, 1.807) is 0 Å². The van der Waals surface area contributed by atoms with Crippen LogP contribution >= 0.6 is 0 Å². The van der Waals surface area contributed by atoms with E-state index in [0.717, 1.165) is 26.1 Å². The minimum absolute atomic E-state index is 0.389. The smallest absolute Gasteiger partial charge is 0.152 e. The van der Waals surface area contributed by atoms with E-state index < -0.39 is 11.1 Å². The zero-order valence-electron chi connectivity index (χ0n) is 8.74. The third kappa shape index (κ3) is 5.05. The summed E-state index contributed by atoms with van der Waals surface area (Å²) in [7, 11) is 2.14. The molecule has 1 unspecified atom stereocenters. The number of likely N-dealkylation sites (tertiary alicyclic amines) is 1. The van der Waals surface area contributed by atoms with Gasteiger partial charge in [0, 0.05) is 6.04 Å². The SMILES string of the molecule is CN1CCC(NCCCS(=O)O)CC1. The summed E-state index contributed by atoms with van der Waals surface area (Å²) in [4.78, 5) is 2.33. The van der Waals surface area contributed by atoms with Gasteiger partial charge in [-0.3, -0.25) is 0 Å². The minimum Gasteiger partial charge on any atom is -0.314 e. The Balaban J connectivity index is 1.99. The van der Waals surface area contributed by atoms with Gasteiger partial charge in [-0.05, 0) is 45.9 Å². The number of nitrogens with one attached hydrogen (secondary N) is 1. The average Bonchev–Trinajstić information content (AvgIpc) is 2.15. The van der Waals surface area contributed by atoms with Crippen LogP contribution in [0.3, 0.4) is 0 Å². The highest BCUT2D eigenvalue weighted by atomic mass is 32.2. The van der Waals surface area contributed by atoms with Crippen molar-refractivity contribution in [3.05, 3.63) is 0 Å². The molecule has 0 aliphatic carbocycles. The first kappa shape index (κ1) is 12.1. The Bertz CT molecular complexity index is 182. The van der Waals surface area contributed by atoms with Crippen LogP contribution in [0.2, 0.25) is 0 Å². The van der Waals surface area contributed by atoms with Crippen LogP contribution in [0, 0.1) is 0 Å².